The first kappa shape index (κ1) is 64.5. The molecular weight excluding hydrogens is 853 g/mol. The molecular formula is C63H100O6. The first-order valence-electron chi connectivity index (χ1n) is 27.7. The maximum absolute atomic E-state index is 12.8. The number of esters is 3. The molecule has 0 spiro atoms. The fourth-order valence-corrected chi connectivity index (χ4v) is 6.95. The molecule has 0 aromatic heterocycles. The van der Waals surface area contributed by atoms with Gasteiger partial charge in [-0.1, -0.05) is 212 Å². The van der Waals surface area contributed by atoms with Gasteiger partial charge in [-0.15, -0.1) is 0 Å². The van der Waals surface area contributed by atoms with Gasteiger partial charge in [0, 0.05) is 19.3 Å². The molecule has 6 heteroatoms. The molecule has 0 aliphatic rings. The molecule has 1 atom stereocenters. The number of allylic oxidation sites excluding steroid dienone is 22. The van der Waals surface area contributed by atoms with Crippen LogP contribution in [0, 0.1) is 0 Å². The number of rotatable bonds is 48. The van der Waals surface area contributed by atoms with E-state index in [9.17, 15) is 14.4 Å². The minimum atomic E-state index is -0.810. The van der Waals surface area contributed by atoms with Crippen LogP contribution in [0.15, 0.2) is 134 Å². The summed E-state index contributed by atoms with van der Waals surface area (Å²) in [4.78, 5) is 38.0. The molecule has 6 nitrogen and oxygen atoms in total. The topological polar surface area (TPSA) is 78.9 Å². The highest BCUT2D eigenvalue weighted by molar-refractivity contribution is 5.71. The molecule has 0 aromatic carbocycles. The van der Waals surface area contributed by atoms with Crippen molar-refractivity contribution < 1.29 is 28.6 Å². The van der Waals surface area contributed by atoms with Gasteiger partial charge in [0.05, 0.1) is 0 Å². The van der Waals surface area contributed by atoms with Crippen molar-refractivity contribution in [2.24, 2.45) is 0 Å². The first-order valence-corrected chi connectivity index (χ1v) is 27.7. The molecule has 0 rings (SSSR count). The molecule has 0 amide bonds. The highest BCUT2D eigenvalue weighted by Crippen LogP contribution is 2.13. The van der Waals surface area contributed by atoms with Crippen molar-refractivity contribution in [1.82, 2.24) is 0 Å². The van der Waals surface area contributed by atoms with Crippen LogP contribution in [0.5, 0.6) is 0 Å². The van der Waals surface area contributed by atoms with E-state index in [0.717, 1.165) is 148 Å². The third-order valence-corrected chi connectivity index (χ3v) is 11.1. The number of unbranched alkanes of at least 4 members (excludes halogenated alkanes) is 15. The van der Waals surface area contributed by atoms with Crippen LogP contribution in [0.1, 0.15) is 226 Å². The molecule has 0 saturated carbocycles. The van der Waals surface area contributed by atoms with Crippen LogP contribution >= 0.6 is 0 Å². The average molecular weight is 953 g/mol. The summed E-state index contributed by atoms with van der Waals surface area (Å²) in [7, 11) is 0. The van der Waals surface area contributed by atoms with Crippen molar-refractivity contribution >= 4 is 17.9 Å². The monoisotopic (exact) mass is 953 g/mol. The molecule has 0 aliphatic heterocycles. The van der Waals surface area contributed by atoms with Gasteiger partial charge in [0.1, 0.15) is 13.2 Å². The van der Waals surface area contributed by atoms with Crippen LogP contribution in [-0.4, -0.2) is 37.2 Å². The Morgan fingerprint density at radius 3 is 0.986 bits per heavy atom. The third-order valence-electron chi connectivity index (χ3n) is 11.1. The summed E-state index contributed by atoms with van der Waals surface area (Å²) < 4.78 is 16.7. The predicted molar refractivity (Wildman–Crippen MR) is 297 cm³/mol. The summed E-state index contributed by atoms with van der Waals surface area (Å²) in [6, 6.07) is 0. The van der Waals surface area contributed by atoms with Gasteiger partial charge in [0.15, 0.2) is 6.10 Å². The Balaban J connectivity index is 4.41. The zero-order chi connectivity index (χ0) is 50.0. The maximum atomic E-state index is 12.8. The van der Waals surface area contributed by atoms with Crippen molar-refractivity contribution in [2.45, 2.75) is 232 Å². The van der Waals surface area contributed by atoms with E-state index in [2.05, 4.69) is 154 Å². The first-order chi connectivity index (χ1) is 34.0. The van der Waals surface area contributed by atoms with Crippen molar-refractivity contribution in [3.63, 3.8) is 0 Å². The second kappa shape index (κ2) is 56.1. The molecule has 0 bridgehead atoms. The van der Waals surface area contributed by atoms with Gasteiger partial charge in [-0.2, -0.15) is 0 Å². The summed E-state index contributed by atoms with van der Waals surface area (Å²) >= 11 is 0. The fraction of sp³-hybridized carbons (Fsp3) is 0.603. The second-order valence-electron chi connectivity index (χ2n) is 17.7. The maximum Gasteiger partial charge on any atom is 0.306 e. The Labute approximate surface area is 424 Å². The zero-order valence-electron chi connectivity index (χ0n) is 44.3. The van der Waals surface area contributed by atoms with Gasteiger partial charge < -0.3 is 14.2 Å². The number of hydrogen-bond acceptors (Lipinski definition) is 6. The molecule has 0 saturated heterocycles. The van der Waals surface area contributed by atoms with Crippen LogP contribution in [0.3, 0.4) is 0 Å². The molecule has 0 radical (unpaired) electrons. The zero-order valence-corrected chi connectivity index (χ0v) is 44.3. The van der Waals surface area contributed by atoms with E-state index in [4.69, 9.17) is 14.2 Å². The molecule has 0 fully saturated rings. The number of hydrogen-bond donors (Lipinski definition) is 0. The predicted octanol–water partition coefficient (Wildman–Crippen LogP) is 18.6. The average Bonchev–Trinajstić information content (AvgIpc) is 3.35. The largest absolute Gasteiger partial charge is 0.462 e. The van der Waals surface area contributed by atoms with Crippen molar-refractivity contribution in [2.75, 3.05) is 13.2 Å². The molecule has 69 heavy (non-hydrogen) atoms. The van der Waals surface area contributed by atoms with Crippen LogP contribution in [0.2, 0.25) is 0 Å². The van der Waals surface area contributed by atoms with Gasteiger partial charge in [0.2, 0.25) is 0 Å². The second-order valence-corrected chi connectivity index (χ2v) is 17.7. The van der Waals surface area contributed by atoms with Crippen LogP contribution in [0.4, 0.5) is 0 Å². The molecule has 388 valence electrons. The SMILES string of the molecule is CC/C=C\C/C=C\C/C=C\C/C=C\C/C=C\C/C=C\C/C=C\C/C=C\CCCCC(=O)OCC(COC(=O)CCCCCCC/C=C\CCCC)OC(=O)CCCCCCC/C=C\C/C=C\CCC. The quantitative estimate of drug-likeness (QED) is 0.0262. The number of carbonyl (C=O) groups is 3. The fourth-order valence-electron chi connectivity index (χ4n) is 6.95. The van der Waals surface area contributed by atoms with E-state index in [1.807, 2.05) is 0 Å². The van der Waals surface area contributed by atoms with Gasteiger partial charge >= 0.3 is 17.9 Å². The molecule has 0 heterocycles. The van der Waals surface area contributed by atoms with E-state index in [1.165, 1.54) is 32.1 Å². The lowest BCUT2D eigenvalue weighted by Gasteiger charge is -2.18. The molecule has 0 aliphatic carbocycles. The Hall–Kier alpha value is -4.45. The lowest BCUT2D eigenvalue weighted by Crippen LogP contribution is -2.30. The minimum absolute atomic E-state index is 0.106. The Bertz CT molecular complexity index is 1510. The van der Waals surface area contributed by atoms with Gasteiger partial charge in [-0.25, -0.2) is 0 Å². The highest BCUT2D eigenvalue weighted by atomic mass is 16.6. The third kappa shape index (κ3) is 54.4. The molecule has 1 unspecified atom stereocenters. The van der Waals surface area contributed by atoms with Gasteiger partial charge in [-0.05, 0) is 128 Å². The summed E-state index contributed by atoms with van der Waals surface area (Å²) in [5.41, 5.74) is 0. The van der Waals surface area contributed by atoms with E-state index in [0.29, 0.717) is 25.7 Å². The lowest BCUT2D eigenvalue weighted by atomic mass is 10.1. The lowest BCUT2D eigenvalue weighted by molar-refractivity contribution is -0.167. The summed E-state index contributed by atoms with van der Waals surface area (Å²) in [6.45, 7) is 6.34. The number of carbonyl (C=O) groups excluding carboxylic acids is 3. The number of ether oxygens (including phenoxy) is 3. The van der Waals surface area contributed by atoms with Crippen molar-refractivity contribution in [1.29, 1.82) is 0 Å². The van der Waals surface area contributed by atoms with E-state index < -0.39 is 6.10 Å². The minimum Gasteiger partial charge on any atom is -0.462 e. The highest BCUT2D eigenvalue weighted by Gasteiger charge is 2.19. The van der Waals surface area contributed by atoms with E-state index >= 15 is 0 Å². The van der Waals surface area contributed by atoms with Gasteiger partial charge in [-0.3, -0.25) is 14.4 Å². The van der Waals surface area contributed by atoms with Crippen molar-refractivity contribution in [3.05, 3.63) is 134 Å². The Kier molecular flexibility index (Phi) is 52.5. The van der Waals surface area contributed by atoms with Gasteiger partial charge in [0.25, 0.3) is 0 Å². The molecule has 0 N–H and O–H groups in total. The Morgan fingerprint density at radius 1 is 0.304 bits per heavy atom. The molecule has 0 aromatic rings. The van der Waals surface area contributed by atoms with Crippen LogP contribution in [-0.2, 0) is 28.6 Å². The van der Waals surface area contributed by atoms with E-state index in [-0.39, 0.29) is 31.1 Å². The van der Waals surface area contributed by atoms with Crippen molar-refractivity contribution in [3.8, 4) is 0 Å². The van der Waals surface area contributed by atoms with Crippen LogP contribution in [0.25, 0.3) is 0 Å². The smallest absolute Gasteiger partial charge is 0.306 e. The Morgan fingerprint density at radius 2 is 0.594 bits per heavy atom. The summed E-state index contributed by atoms with van der Waals surface area (Å²) in [6.07, 6.45) is 78.7. The van der Waals surface area contributed by atoms with E-state index in [1.54, 1.807) is 0 Å². The summed E-state index contributed by atoms with van der Waals surface area (Å²) in [5, 5.41) is 0. The normalized spacial score (nSPS) is 13.1. The van der Waals surface area contributed by atoms with Crippen LogP contribution < -0.4 is 0 Å². The summed E-state index contributed by atoms with van der Waals surface area (Å²) in [5.74, 6) is -0.984. The standard InChI is InChI=1S/C63H100O6/c1-4-7-10-13-16-19-22-24-25-26-27-28-29-30-31-32-33-34-35-36-37-39-41-44-47-50-53-56-62(65)68-59-60(58-67-61(64)55-52-49-46-43-40-21-18-15-12-9-6-3)69-63(66)57-54-51-48-45-42-38-23-20-17-14-11-8-5-2/h7,10-11,14-16,18-20,23-25,27-28,30-31,33-34,36-37,41,44,60H,4-6,8-9,12-13,17,21-22,26,29,32,35,38-40,42-43,45-59H2,1-3H3/b10-7-,14-11-,18-15-,19-16-,23-20-,25-24-,28-27-,31-30-,34-33-,37-36-,44-41-.